The van der Waals surface area contributed by atoms with E-state index in [1.807, 2.05) is 55.5 Å². The van der Waals surface area contributed by atoms with E-state index < -0.39 is 6.10 Å². The number of hydrogen-bond donors (Lipinski definition) is 1. The fraction of sp³-hybridized carbons (Fsp3) is 0.125. The molecule has 0 fully saturated rings. The van der Waals surface area contributed by atoms with Crippen LogP contribution < -0.4 is 0 Å². The van der Waals surface area contributed by atoms with Crippen molar-refractivity contribution in [3.63, 3.8) is 0 Å². The zero-order valence-electron chi connectivity index (χ0n) is 10.4. The van der Waals surface area contributed by atoms with Gasteiger partial charge in [-0.3, -0.25) is 0 Å². The Balaban J connectivity index is 2.08. The molecule has 2 aromatic carbocycles. The number of para-hydroxylation sites is 1. The lowest BCUT2D eigenvalue weighted by molar-refractivity contribution is 0.191. The summed E-state index contributed by atoms with van der Waals surface area (Å²) in [5.41, 5.74) is 2.42. The van der Waals surface area contributed by atoms with Gasteiger partial charge in [-0.1, -0.05) is 41.9 Å². The quantitative estimate of drug-likeness (QED) is 0.746. The monoisotopic (exact) mass is 272 g/mol. The zero-order chi connectivity index (χ0) is 13.4. The third-order valence-electron chi connectivity index (χ3n) is 3.32. The van der Waals surface area contributed by atoms with Gasteiger partial charge >= 0.3 is 0 Å². The minimum Gasteiger partial charge on any atom is -0.458 e. The minimum atomic E-state index is -0.800. The molecule has 0 aliphatic heterocycles. The van der Waals surface area contributed by atoms with Crippen molar-refractivity contribution < 1.29 is 9.52 Å². The Morgan fingerprint density at radius 3 is 2.68 bits per heavy atom. The highest BCUT2D eigenvalue weighted by Gasteiger charge is 2.18. The average molecular weight is 273 g/mol. The number of furan rings is 1. The predicted molar refractivity (Wildman–Crippen MR) is 76.5 cm³/mol. The number of aliphatic hydroxyl groups excluding tert-OH is 1. The summed E-state index contributed by atoms with van der Waals surface area (Å²) in [5, 5.41) is 12.1. The van der Waals surface area contributed by atoms with Crippen molar-refractivity contribution in [1.29, 1.82) is 0 Å². The molecule has 0 aliphatic rings. The van der Waals surface area contributed by atoms with Gasteiger partial charge in [0.2, 0.25) is 0 Å². The van der Waals surface area contributed by atoms with Crippen molar-refractivity contribution >= 4 is 22.6 Å². The van der Waals surface area contributed by atoms with E-state index >= 15 is 0 Å². The van der Waals surface area contributed by atoms with Crippen LogP contribution in [0, 0.1) is 6.92 Å². The van der Waals surface area contributed by atoms with Gasteiger partial charge in [0.1, 0.15) is 17.4 Å². The second-order valence-corrected chi connectivity index (χ2v) is 4.95. The maximum Gasteiger partial charge on any atom is 0.138 e. The lowest BCUT2D eigenvalue weighted by atomic mass is 10.0. The van der Waals surface area contributed by atoms with Gasteiger partial charge in [-0.15, -0.1) is 0 Å². The van der Waals surface area contributed by atoms with E-state index in [-0.39, 0.29) is 0 Å². The minimum absolute atomic E-state index is 0.534. The van der Waals surface area contributed by atoms with E-state index in [0.29, 0.717) is 10.8 Å². The second-order valence-electron chi connectivity index (χ2n) is 4.54. The highest BCUT2D eigenvalue weighted by molar-refractivity contribution is 6.31. The van der Waals surface area contributed by atoms with E-state index in [1.165, 1.54) is 0 Å². The second kappa shape index (κ2) is 4.72. The van der Waals surface area contributed by atoms with Gasteiger partial charge in [0.05, 0.1) is 0 Å². The van der Waals surface area contributed by atoms with Gasteiger partial charge in [0.15, 0.2) is 0 Å². The number of halogens is 1. The Hall–Kier alpha value is -1.77. The molecule has 3 rings (SSSR count). The first-order valence-electron chi connectivity index (χ1n) is 6.08. The summed E-state index contributed by atoms with van der Waals surface area (Å²) in [4.78, 5) is 0. The fourth-order valence-electron chi connectivity index (χ4n) is 2.21. The number of rotatable bonds is 2. The zero-order valence-corrected chi connectivity index (χ0v) is 11.2. The van der Waals surface area contributed by atoms with Crippen molar-refractivity contribution in [2.75, 3.05) is 0 Å². The molecule has 0 saturated carbocycles. The van der Waals surface area contributed by atoms with Crippen molar-refractivity contribution in [1.82, 2.24) is 0 Å². The summed E-state index contributed by atoms with van der Waals surface area (Å²) in [6.07, 6.45) is -0.800. The molecule has 0 saturated heterocycles. The van der Waals surface area contributed by atoms with Crippen LogP contribution in [0.15, 0.2) is 52.9 Å². The molecule has 1 heterocycles. The Bertz CT molecular complexity index is 697. The smallest absolute Gasteiger partial charge is 0.138 e. The number of benzene rings is 2. The summed E-state index contributed by atoms with van der Waals surface area (Å²) >= 11 is 6.08. The predicted octanol–water partition coefficient (Wildman–Crippen LogP) is 4.48. The van der Waals surface area contributed by atoms with Crippen LogP contribution in [0.1, 0.15) is 23.0 Å². The lowest BCUT2D eigenvalue weighted by Gasteiger charge is -2.12. The van der Waals surface area contributed by atoms with Crippen LogP contribution in [0.3, 0.4) is 0 Å². The summed E-state index contributed by atoms with van der Waals surface area (Å²) in [6.45, 7) is 1.89. The summed E-state index contributed by atoms with van der Waals surface area (Å²) in [6, 6.07) is 15.1. The number of aliphatic hydroxyl groups is 1. The van der Waals surface area contributed by atoms with Gasteiger partial charge in [0.25, 0.3) is 0 Å². The van der Waals surface area contributed by atoms with E-state index in [2.05, 4.69) is 0 Å². The van der Waals surface area contributed by atoms with Crippen LogP contribution in [-0.4, -0.2) is 5.11 Å². The molecule has 1 atom stereocenters. The van der Waals surface area contributed by atoms with Gasteiger partial charge < -0.3 is 9.52 Å². The standard InChI is InChI=1S/C16H13ClO2/c1-10-12(6-4-7-13(10)17)16(18)15-9-11-5-2-3-8-14(11)19-15/h2-9,16,18H,1H3. The van der Waals surface area contributed by atoms with E-state index in [4.69, 9.17) is 16.0 Å². The van der Waals surface area contributed by atoms with Crippen molar-refractivity contribution in [3.05, 3.63) is 70.4 Å². The number of hydrogen-bond acceptors (Lipinski definition) is 2. The van der Waals surface area contributed by atoms with Crippen LogP contribution in [0.25, 0.3) is 11.0 Å². The molecule has 0 spiro atoms. The van der Waals surface area contributed by atoms with E-state index in [0.717, 1.165) is 22.1 Å². The molecule has 2 nitrogen and oxygen atoms in total. The van der Waals surface area contributed by atoms with E-state index in [1.54, 1.807) is 0 Å². The van der Waals surface area contributed by atoms with E-state index in [9.17, 15) is 5.11 Å². The molecule has 1 N–H and O–H groups in total. The van der Waals surface area contributed by atoms with Gasteiger partial charge in [-0.05, 0) is 36.2 Å². The van der Waals surface area contributed by atoms with Crippen LogP contribution in [0.2, 0.25) is 5.02 Å². The molecule has 3 heteroatoms. The molecule has 1 unspecified atom stereocenters. The third kappa shape index (κ3) is 2.14. The first-order chi connectivity index (χ1) is 9.16. The summed E-state index contributed by atoms with van der Waals surface area (Å²) in [5.74, 6) is 0.534. The van der Waals surface area contributed by atoms with Crippen molar-refractivity contribution in [2.24, 2.45) is 0 Å². The molecule has 0 amide bonds. The first-order valence-corrected chi connectivity index (χ1v) is 6.46. The molecule has 3 aromatic rings. The Morgan fingerprint density at radius 2 is 1.89 bits per heavy atom. The third-order valence-corrected chi connectivity index (χ3v) is 3.73. The summed E-state index contributed by atoms with van der Waals surface area (Å²) < 4.78 is 5.69. The molecule has 0 radical (unpaired) electrons. The topological polar surface area (TPSA) is 33.4 Å². The largest absolute Gasteiger partial charge is 0.458 e. The first kappa shape index (κ1) is 12.3. The molecule has 0 aliphatic carbocycles. The molecule has 1 aromatic heterocycles. The maximum absolute atomic E-state index is 10.4. The Morgan fingerprint density at radius 1 is 1.11 bits per heavy atom. The average Bonchev–Trinajstić information content (AvgIpc) is 2.85. The van der Waals surface area contributed by atoms with Gasteiger partial charge in [0, 0.05) is 10.4 Å². The Labute approximate surface area is 116 Å². The molecule has 19 heavy (non-hydrogen) atoms. The molecule has 0 bridgehead atoms. The molecule has 96 valence electrons. The molecular weight excluding hydrogens is 260 g/mol. The van der Waals surface area contributed by atoms with Crippen LogP contribution in [0.4, 0.5) is 0 Å². The van der Waals surface area contributed by atoms with Crippen molar-refractivity contribution in [2.45, 2.75) is 13.0 Å². The normalized spacial score (nSPS) is 12.8. The Kier molecular flexibility index (Phi) is 3.05. The van der Waals surface area contributed by atoms with Crippen LogP contribution in [0.5, 0.6) is 0 Å². The highest BCUT2D eigenvalue weighted by Crippen LogP contribution is 2.31. The van der Waals surface area contributed by atoms with Crippen LogP contribution >= 0.6 is 11.6 Å². The maximum atomic E-state index is 10.4. The lowest BCUT2D eigenvalue weighted by Crippen LogP contribution is -2.00. The van der Waals surface area contributed by atoms with Gasteiger partial charge in [-0.2, -0.15) is 0 Å². The molecular formula is C16H13ClO2. The SMILES string of the molecule is Cc1c(Cl)cccc1C(O)c1cc2ccccc2o1. The van der Waals surface area contributed by atoms with Crippen LogP contribution in [-0.2, 0) is 0 Å². The van der Waals surface area contributed by atoms with Crippen molar-refractivity contribution in [3.8, 4) is 0 Å². The highest BCUT2D eigenvalue weighted by atomic mass is 35.5. The fourth-order valence-corrected chi connectivity index (χ4v) is 2.39. The van der Waals surface area contributed by atoms with Gasteiger partial charge in [-0.25, -0.2) is 0 Å². The summed E-state index contributed by atoms with van der Waals surface area (Å²) in [7, 11) is 0. The number of fused-ring (bicyclic) bond motifs is 1.